The first-order chi connectivity index (χ1) is 4.36. The lowest BCUT2D eigenvalue weighted by Gasteiger charge is -2.02. The topological polar surface area (TPSA) is 58.6 Å². The fourth-order valence-corrected chi connectivity index (χ4v) is 0.739. The first-order valence-electron chi connectivity index (χ1n) is 2.82. The van der Waals surface area contributed by atoms with Crippen LogP contribution >= 0.6 is 0 Å². The van der Waals surface area contributed by atoms with Crippen LogP contribution in [0.15, 0.2) is 0 Å². The van der Waals surface area contributed by atoms with Gasteiger partial charge in [0.2, 0.25) is 0 Å². The van der Waals surface area contributed by atoms with Crippen molar-refractivity contribution in [2.24, 2.45) is 0 Å². The van der Waals surface area contributed by atoms with E-state index in [9.17, 15) is 4.79 Å². The molecule has 0 spiro atoms. The molecule has 0 aromatic carbocycles. The number of rotatable bonds is 2. The molecule has 52 valence electrons. The number of aliphatic hydroxyl groups is 1. The van der Waals surface area contributed by atoms with Crippen molar-refractivity contribution >= 4 is 6.29 Å². The third-order valence-electron chi connectivity index (χ3n) is 1.21. The van der Waals surface area contributed by atoms with Crippen molar-refractivity contribution < 1.29 is 14.6 Å². The Hall–Kier alpha value is -0.450. The summed E-state index contributed by atoms with van der Waals surface area (Å²) in [5.74, 6) is 0. The number of nitrogens with one attached hydrogen (secondary N) is 1. The molecule has 0 aromatic heterocycles. The zero-order chi connectivity index (χ0) is 6.69. The number of hydrogen-bond acceptors (Lipinski definition) is 4. The molecule has 1 unspecified atom stereocenters. The van der Waals surface area contributed by atoms with Crippen molar-refractivity contribution in [1.82, 2.24) is 5.32 Å². The molecule has 9 heavy (non-hydrogen) atoms. The molecular formula is C5H9NO3. The third kappa shape index (κ3) is 1.48. The molecular weight excluding hydrogens is 122 g/mol. The van der Waals surface area contributed by atoms with E-state index < -0.39 is 6.23 Å². The van der Waals surface area contributed by atoms with Gasteiger partial charge in [0.05, 0.1) is 12.7 Å². The summed E-state index contributed by atoms with van der Waals surface area (Å²) in [6, 6.07) is 0. The van der Waals surface area contributed by atoms with Crippen LogP contribution in [0.2, 0.25) is 0 Å². The molecule has 1 saturated heterocycles. The fraction of sp³-hybridized carbons (Fsp3) is 0.800. The Balaban J connectivity index is 2.28. The highest BCUT2D eigenvalue weighted by atomic mass is 16.5. The minimum atomic E-state index is -0.512. The molecule has 1 fully saturated rings. The average Bonchev–Trinajstić information content (AvgIpc) is 2.34. The Labute approximate surface area is 52.8 Å². The van der Waals surface area contributed by atoms with E-state index in [4.69, 9.17) is 9.84 Å². The van der Waals surface area contributed by atoms with Gasteiger partial charge in [-0.15, -0.1) is 0 Å². The quantitative estimate of drug-likeness (QED) is 0.447. The number of aldehydes is 1. The predicted molar refractivity (Wildman–Crippen MR) is 29.8 cm³/mol. The third-order valence-corrected chi connectivity index (χ3v) is 1.21. The van der Waals surface area contributed by atoms with Gasteiger partial charge in [-0.3, -0.25) is 10.1 Å². The van der Waals surface area contributed by atoms with Crippen LogP contribution in [0.25, 0.3) is 0 Å². The normalized spacial score (nSPS) is 34.8. The SMILES string of the molecule is O=CC1NC[C@H](CO)O1. The summed E-state index contributed by atoms with van der Waals surface area (Å²) in [5.41, 5.74) is 0. The van der Waals surface area contributed by atoms with Gasteiger partial charge in [-0.2, -0.15) is 0 Å². The molecule has 0 aromatic rings. The zero-order valence-electron chi connectivity index (χ0n) is 4.91. The van der Waals surface area contributed by atoms with Crippen LogP contribution in [0, 0.1) is 0 Å². The Kier molecular flexibility index (Phi) is 2.16. The smallest absolute Gasteiger partial charge is 0.165 e. The molecule has 1 aliphatic heterocycles. The number of carbonyl (C=O) groups is 1. The lowest BCUT2D eigenvalue weighted by atomic mass is 10.4. The molecule has 1 rings (SSSR count). The first kappa shape index (κ1) is 6.67. The van der Waals surface area contributed by atoms with Gasteiger partial charge >= 0.3 is 0 Å². The molecule has 0 radical (unpaired) electrons. The van der Waals surface area contributed by atoms with Crippen molar-refractivity contribution in [2.45, 2.75) is 12.3 Å². The maximum absolute atomic E-state index is 10.00. The van der Waals surface area contributed by atoms with E-state index >= 15 is 0 Å². The Morgan fingerprint density at radius 1 is 1.89 bits per heavy atom. The Bertz CT molecular complexity index is 106. The second-order valence-electron chi connectivity index (χ2n) is 1.91. The van der Waals surface area contributed by atoms with Crippen LogP contribution in [0.4, 0.5) is 0 Å². The van der Waals surface area contributed by atoms with Gasteiger partial charge in [-0.1, -0.05) is 0 Å². The molecule has 0 bridgehead atoms. The van der Waals surface area contributed by atoms with Crippen LogP contribution in [0.5, 0.6) is 0 Å². The highest BCUT2D eigenvalue weighted by molar-refractivity contribution is 5.55. The van der Waals surface area contributed by atoms with E-state index in [0.717, 1.165) is 0 Å². The molecule has 1 aliphatic rings. The van der Waals surface area contributed by atoms with Crippen molar-refractivity contribution in [3.05, 3.63) is 0 Å². The van der Waals surface area contributed by atoms with E-state index in [2.05, 4.69) is 5.32 Å². The maximum Gasteiger partial charge on any atom is 0.165 e. The summed E-state index contributed by atoms with van der Waals surface area (Å²) >= 11 is 0. The number of ether oxygens (including phenoxy) is 1. The van der Waals surface area contributed by atoms with Gasteiger partial charge in [0.25, 0.3) is 0 Å². The molecule has 2 N–H and O–H groups in total. The van der Waals surface area contributed by atoms with Gasteiger partial charge in [-0.05, 0) is 0 Å². The van der Waals surface area contributed by atoms with Crippen molar-refractivity contribution in [3.63, 3.8) is 0 Å². The molecule has 4 heteroatoms. The molecule has 0 saturated carbocycles. The van der Waals surface area contributed by atoms with Gasteiger partial charge < -0.3 is 9.84 Å². The second kappa shape index (κ2) is 2.91. The lowest BCUT2D eigenvalue weighted by molar-refractivity contribution is -0.118. The summed E-state index contributed by atoms with van der Waals surface area (Å²) in [7, 11) is 0. The molecule has 1 heterocycles. The fourth-order valence-electron chi connectivity index (χ4n) is 0.739. The highest BCUT2D eigenvalue weighted by Gasteiger charge is 2.22. The van der Waals surface area contributed by atoms with E-state index in [-0.39, 0.29) is 12.7 Å². The average molecular weight is 131 g/mol. The molecule has 0 aliphatic carbocycles. The summed E-state index contributed by atoms with van der Waals surface area (Å²) in [6.45, 7) is 0.525. The molecule has 0 amide bonds. The number of hydrogen-bond donors (Lipinski definition) is 2. The number of aliphatic hydroxyl groups excluding tert-OH is 1. The van der Waals surface area contributed by atoms with Crippen LogP contribution in [-0.4, -0.2) is 36.9 Å². The largest absolute Gasteiger partial charge is 0.394 e. The second-order valence-corrected chi connectivity index (χ2v) is 1.91. The van der Waals surface area contributed by atoms with Crippen molar-refractivity contribution in [2.75, 3.05) is 13.2 Å². The van der Waals surface area contributed by atoms with Gasteiger partial charge in [0.1, 0.15) is 0 Å². The van der Waals surface area contributed by atoms with Crippen LogP contribution in [0.1, 0.15) is 0 Å². The van der Waals surface area contributed by atoms with E-state index in [0.29, 0.717) is 12.8 Å². The highest BCUT2D eigenvalue weighted by Crippen LogP contribution is 2.00. The lowest BCUT2D eigenvalue weighted by Crippen LogP contribution is -2.23. The van der Waals surface area contributed by atoms with Crippen LogP contribution < -0.4 is 5.32 Å². The first-order valence-corrected chi connectivity index (χ1v) is 2.82. The Morgan fingerprint density at radius 2 is 2.67 bits per heavy atom. The number of carbonyl (C=O) groups excluding carboxylic acids is 1. The summed E-state index contributed by atoms with van der Waals surface area (Å²) in [4.78, 5) is 10.00. The minimum absolute atomic E-state index is 0.0304. The van der Waals surface area contributed by atoms with E-state index in [1.165, 1.54) is 0 Å². The summed E-state index contributed by atoms with van der Waals surface area (Å²) < 4.78 is 4.93. The molecule has 4 nitrogen and oxygen atoms in total. The van der Waals surface area contributed by atoms with Gasteiger partial charge in [0.15, 0.2) is 12.5 Å². The maximum atomic E-state index is 10.00. The molecule has 2 atom stereocenters. The minimum Gasteiger partial charge on any atom is -0.394 e. The zero-order valence-corrected chi connectivity index (χ0v) is 4.91. The van der Waals surface area contributed by atoms with Crippen molar-refractivity contribution in [1.29, 1.82) is 0 Å². The van der Waals surface area contributed by atoms with Crippen LogP contribution in [-0.2, 0) is 9.53 Å². The summed E-state index contributed by atoms with van der Waals surface area (Å²) in [6.07, 6.45) is -0.0438. The monoisotopic (exact) mass is 131 g/mol. The standard InChI is InChI=1S/C5H9NO3/c7-2-4-1-6-5(3-8)9-4/h3-7H,1-2H2/t4-,5?/m1/s1. The van der Waals surface area contributed by atoms with Gasteiger partial charge in [0, 0.05) is 6.54 Å². The van der Waals surface area contributed by atoms with Gasteiger partial charge in [-0.25, -0.2) is 0 Å². The van der Waals surface area contributed by atoms with Crippen molar-refractivity contribution in [3.8, 4) is 0 Å². The van der Waals surface area contributed by atoms with E-state index in [1.807, 2.05) is 0 Å². The summed E-state index contributed by atoms with van der Waals surface area (Å²) in [5, 5.41) is 11.3. The van der Waals surface area contributed by atoms with E-state index in [1.54, 1.807) is 0 Å². The van der Waals surface area contributed by atoms with Crippen LogP contribution in [0.3, 0.4) is 0 Å². The Morgan fingerprint density at radius 3 is 3.00 bits per heavy atom. The predicted octanol–water partition coefficient (Wildman–Crippen LogP) is -1.51.